The number of carbonyl (C=O) groups is 1. The zero-order valence-corrected chi connectivity index (χ0v) is 20.6. The molecule has 2 aromatic heterocycles. The van der Waals surface area contributed by atoms with Gasteiger partial charge in [-0.1, -0.05) is 29.3 Å². The minimum Gasteiger partial charge on any atom is -0.456 e. The Morgan fingerprint density at radius 2 is 2.00 bits per heavy atom. The van der Waals surface area contributed by atoms with E-state index in [0.29, 0.717) is 46.1 Å². The van der Waals surface area contributed by atoms with E-state index in [-0.39, 0.29) is 18.1 Å². The maximum Gasteiger partial charge on any atom is 0.221 e. The maximum absolute atomic E-state index is 11.8. The van der Waals surface area contributed by atoms with Crippen molar-refractivity contribution in [1.82, 2.24) is 19.9 Å². The molecule has 9 nitrogen and oxygen atoms in total. The molecule has 0 bridgehead atoms. The highest BCUT2D eigenvalue weighted by Crippen LogP contribution is 2.34. The van der Waals surface area contributed by atoms with Crippen LogP contribution in [0.2, 0.25) is 10.0 Å². The average molecular weight is 534 g/mol. The van der Waals surface area contributed by atoms with Gasteiger partial charge in [0.1, 0.15) is 23.3 Å². The standard InChI is InChI=1S/C23H21Cl2N5O4S/c24-15-2-1-3-17(12-15)34-20-5-4-16(13-18(20)25)29-23-22-19(27-14-28-23)6-9-30(22)10-8-26-21(31)7-11-35(32)33/h1-6,9,12-14H,7-8,10-11H2,(H,26,31)(H,32,33)(H,27,28,29). The van der Waals surface area contributed by atoms with Crippen LogP contribution in [0.15, 0.2) is 61.1 Å². The summed E-state index contributed by atoms with van der Waals surface area (Å²) in [6, 6.07) is 14.2. The number of hydrogen-bond acceptors (Lipinski definition) is 6. The van der Waals surface area contributed by atoms with Gasteiger partial charge in [0, 0.05) is 36.4 Å². The number of rotatable bonds is 10. The maximum atomic E-state index is 11.8. The van der Waals surface area contributed by atoms with Gasteiger partial charge in [0.2, 0.25) is 5.91 Å². The smallest absolute Gasteiger partial charge is 0.221 e. The van der Waals surface area contributed by atoms with Gasteiger partial charge in [-0.2, -0.15) is 0 Å². The molecule has 0 aliphatic carbocycles. The Morgan fingerprint density at radius 1 is 1.14 bits per heavy atom. The van der Waals surface area contributed by atoms with E-state index in [0.717, 1.165) is 11.0 Å². The van der Waals surface area contributed by atoms with Crippen LogP contribution in [0.25, 0.3) is 11.0 Å². The SMILES string of the molecule is O=C(CCS(=O)O)NCCn1ccc2ncnc(Nc3ccc(Oc4cccc(Cl)c4)c(Cl)c3)c21. The molecule has 4 rings (SSSR count). The van der Waals surface area contributed by atoms with Gasteiger partial charge in [-0.25, -0.2) is 14.2 Å². The lowest BCUT2D eigenvalue weighted by molar-refractivity contribution is -0.120. The Morgan fingerprint density at radius 3 is 2.77 bits per heavy atom. The highest BCUT2D eigenvalue weighted by molar-refractivity contribution is 7.79. The molecule has 2 heterocycles. The number of carbonyl (C=O) groups excluding carboxylic acids is 1. The lowest BCUT2D eigenvalue weighted by atomic mass is 10.3. The van der Waals surface area contributed by atoms with E-state index in [2.05, 4.69) is 20.6 Å². The van der Waals surface area contributed by atoms with Crippen molar-refractivity contribution in [1.29, 1.82) is 0 Å². The molecule has 0 radical (unpaired) electrons. The molecule has 35 heavy (non-hydrogen) atoms. The Hall–Kier alpha value is -3.18. The van der Waals surface area contributed by atoms with E-state index >= 15 is 0 Å². The van der Waals surface area contributed by atoms with E-state index in [1.165, 1.54) is 6.33 Å². The van der Waals surface area contributed by atoms with E-state index in [4.69, 9.17) is 32.5 Å². The Labute approximate surface area is 213 Å². The monoisotopic (exact) mass is 533 g/mol. The molecule has 1 unspecified atom stereocenters. The number of fused-ring (bicyclic) bond motifs is 1. The lowest BCUT2D eigenvalue weighted by Crippen LogP contribution is -2.28. The van der Waals surface area contributed by atoms with E-state index in [1.54, 1.807) is 36.4 Å². The fourth-order valence-electron chi connectivity index (χ4n) is 3.35. The van der Waals surface area contributed by atoms with Crippen molar-refractivity contribution in [2.75, 3.05) is 17.6 Å². The number of amides is 1. The molecule has 0 saturated heterocycles. The van der Waals surface area contributed by atoms with Gasteiger partial charge < -0.3 is 24.5 Å². The zero-order chi connectivity index (χ0) is 24.8. The number of hydrogen-bond donors (Lipinski definition) is 3. The van der Waals surface area contributed by atoms with Crippen LogP contribution in [0.3, 0.4) is 0 Å². The van der Waals surface area contributed by atoms with Crippen LogP contribution in [0.5, 0.6) is 11.5 Å². The van der Waals surface area contributed by atoms with Crippen LogP contribution >= 0.6 is 23.2 Å². The topological polar surface area (TPSA) is 118 Å². The van der Waals surface area contributed by atoms with Crippen molar-refractivity contribution in [3.8, 4) is 11.5 Å². The summed E-state index contributed by atoms with van der Waals surface area (Å²) in [7, 11) is 0. The minimum atomic E-state index is -1.99. The Kier molecular flexibility index (Phi) is 8.19. The lowest BCUT2D eigenvalue weighted by Gasteiger charge is -2.13. The van der Waals surface area contributed by atoms with Crippen LogP contribution in [0.4, 0.5) is 11.5 Å². The molecule has 182 valence electrons. The highest BCUT2D eigenvalue weighted by Gasteiger charge is 2.12. The average Bonchev–Trinajstić information content (AvgIpc) is 3.24. The summed E-state index contributed by atoms with van der Waals surface area (Å²) in [5, 5.41) is 6.97. The molecule has 4 aromatic rings. The van der Waals surface area contributed by atoms with Crippen LogP contribution in [0, 0.1) is 0 Å². The molecule has 0 aliphatic rings. The van der Waals surface area contributed by atoms with E-state index in [1.807, 2.05) is 22.9 Å². The molecule has 1 atom stereocenters. The van der Waals surface area contributed by atoms with Crippen molar-refractivity contribution in [3.05, 3.63) is 71.1 Å². The normalized spacial score (nSPS) is 11.9. The number of nitrogens with zero attached hydrogens (tertiary/aromatic N) is 3. The molecule has 2 aromatic carbocycles. The van der Waals surface area contributed by atoms with E-state index in [9.17, 15) is 9.00 Å². The summed E-state index contributed by atoms with van der Waals surface area (Å²) in [5.74, 6) is 1.25. The predicted molar refractivity (Wildman–Crippen MR) is 137 cm³/mol. The molecule has 0 spiro atoms. The third-order valence-electron chi connectivity index (χ3n) is 4.95. The second-order valence-electron chi connectivity index (χ2n) is 7.42. The first-order valence-corrected chi connectivity index (χ1v) is 12.6. The third kappa shape index (κ3) is 6.70. The highest BCUT2D eigenvalue weighted by atomic mass is 35.5. The quantitative estimate of drug-likeness (QED) is 0.245. The van der Waals surface area contributed by atoms with Crippen molar-refractivity contribution in [2.45, 2.75) is 13.0 Å². The molecular weight excluding hydrogens is 513 g/mol. The first-order chi connectivity index (χ1) is 16.9. The van der Waals surface area contributed by atoms with Crippen LogP contribution < -0.4 is 15.4 Å². The largest absolute Gasteiger partial charge is 0.456 e. The van der Waals surface area contributed by atoms with Gasteiger partial charge in [0.25, 0.3) is 0 Å². The number of aromatic nitrogens is 3. The fourth-order valence-corrected chi connectivity index (χ4v) is 4.11. The van der Waals surface area contributed by atoms with E-state index < -0.39 is 11.1 Å². The summed E-state index contributed by atoms with van der Waals surface area (Å²) in [6.45, 7) is 0.809. The second-order valence-corrected chi connectivity index (χ2v) is 9.32. The number of anilines is 2. The van der Waals surface area contributed by atoms with Gasteiger partial charge in [-0.15, -0.1) is 0 Å². The summed E-state index contributed by atoms with van der Waals surface area (Å²) >= 11 is 10.5. The first-order valence-electron chi connectivity index (χ1n) is 10.5. The number of nitrogens with one attached hydrogen (secondary N) is 2. The Bertz CT molecular complexity index is 1380. The van der Waals surface area contributed by atoms with Crippen LogP contribution in [-0.4, -0.2) is 41.5 Å². The summed E-state index contributed by atoms with van der Waals surface area (Å²) < 4.78 is 27.3. The predicted octanol–water partition coefficient (Wildman–Crippen LogP) is 5.00. The van der Waals surface area contributed by atoms with Crippen LogP contribution in [0.1, 0.15) is 6.42 Å². The van der Waals surface area contributed by atoms with Gasteiger partial charge in [-0.05, 0) is 42.5 Å². The molecule has 0 fully saturated rings. The fraction of sp³-hybridized carbons (Fsp3) is 0.174. The van der Waals surface area contributed by atoms with Gasteiger partial charge in [0.05, 0.1) is 16.3 Å². The zero-order valence-electron chi connectivity index (χ0n) is 18.3. The summed E-state index contributed by atoms with van der Waals surface area (Å²) in [6.07, 6.45) is 3.31. The van der Waals surface area contributed by atoms with Crippen molar-refractivity contribution in [3.63, 3.8) is 0 Å². The van der Waals surface area contributed by atoms with Crippen molar-refractivity contribution in [2.24, 2.45) is 0 Å². The van der Waals surface area contributed by atoms with Crippen molar-refractivity contribution < 1.29 is 18.3 Å². The molecule has 12 heteroatoms. The molecule has 3 N–H and O–H groups in total. The first kappa shape index (κ1) is 24.9. The summed E-state index contributed by atoms with van der Waals surface area (Å²) in [5.41, 5.74) is 2.19. The molecular formula is C23H21Cl2N5O4S. The molecule has 1 amide bonds. The molecule has 0 aliphatic heterocycles. The number of halogens is 2. The van der Waals surface area contributed by atoms with Gasteiger partial charge in [-0.3, -0.25) is 4.79 Å². The second kappa shape index (κ2) is 11.5. The van der Waals surface area contributed by atoms with Crippen molar-refractivity contribution >= 4 is 62.7 Å². The third-order valence-corrected chi connectivity index (χ3v) is 6.03. The van der Waals surface area contributed by atoms with Gasteiger partial charge in [0.15, 0.2) is 16.9 Å². The van der Waals surface area contributed by atoms with Crippen LogP contribution in [-0.2, 0) is 22.4 Å². The molecule has 0 saturated carbocycles. The minimum absolute atomic E-state index is 0.0107. The number of benzene rings is 2. The summed E-state index contributed by atoms with van der Waals surface area (Å²) in [4.78, 5) is 20.5. The number of ether oxygens (including phenoxy) is 1. The van der Waals surface area contributed by atoms with Gasteiger partial charge >= 0.3 is 0 Å². The Balaban J connectivity index is 1.46.